The van der Waals surface area contributed by atoms with Crippen LogP contribution < -0.4 is 9.80 Å². The molecule has 15 nitrogen and oxygen atoms in total. The fraction of sp³-hybridized carbons (Fsp3) is 0.448. The Bertz CT molecular complexity index is 3610. The second-order valence-corrected chi connectivity index (χ2v) is 27.2. The first-order valence-electron chi connectivity index (χ1n) is 27.8. The number of imidazole rings is 2. The van der Waals surface area contributed by atoms with E-state index >= 15 is 0 Å². The number of thiazole rings is 2. The molecular weight excluding hydrogens is 1120 g/mol. The quantitative estimate of drug-likeness (QED) is 0.0713. The Kier molecular flexibility index (Phi) is 18.4. The summed E-state index contributed by atoms with van der Waals surface area (Å²) in [5, 5.41) is 5.63. The van der Waals surface area contributed by atoms with Gasteiger partial charge in [0.1, 0.15) is 34.6 Å². The lowest BCUT2D eigenvalue weighted by Gasteiger charge is -2.31. The van der Waals surface area contributed by atoms with E-state index in [2.05, 4.69) is 67.9 Å². The summed E-state index contributed by atoms with van der Waals surface area (Å²) in [4.78, 5) is 26.0. The van der Waals surface area contributed by atoms with Crippen LogP contribution in [0.2, 0.25) is 0 Å². The van der Waals surface area contributed by atoms with Gasteiger partial charge in [-0.15, -0.1) is 34.3 Å². The van der Waals surface area contributed by atoms with Gasteiger partial charge in [-0.3, -0.25) is 8.80 Å². The van der Waals surface area contributed by atoms with Crippen molar-refractivity contribution in [3.8, 4) is 22.5 Å². The fourth-order valence-electron chi connectivity index (χ4n) is 11.3. The molecule has 0 unspecified atom stereocenters. The molecule has 0 aliphatic carbocycles. The normalized spacial score (nSPS) is 16.4. The zero-order chi connectivity index (χ0) is 56.1. The number of anilines is 4. The molecule has 0 N–H and O–H groups in total. The van der Waals surface area contributed by atoms with Gasteiger partial charge < -0.3 is 14.7 Å². The average molecular weight is 1190 g/mol. The third kappa shape index (κ3) is 12.9. The van der Waals surface area contributed by atoms with E-state index in [-0.39, 0.29) is 29.1 Å². The van der Waals surface area contributed by atoms with E-state index in [1.165, 1.54) is 59.6 Å². The molecule has 6 aromatic heterocycles. The van der Waals surface area contributed by atoms with Crippen LogP contribution in [0.3, 0.4) is 0 Å². The highest BCUT2D eigenvalue weighted by Gasteiger charge is 2.31. The van der Waals surface area contributed by atoms with Gasteiger partial charge in [-0.25, -0.2) is 54.2 Å². The number of likely N-dealkylation sites (tertiary alicyclic amines) is 1. The molecule has 426 valence electrons. The Hall–Kier alpha value is -5.39. The van der Waals surface area contributed by atoms with Crippen LogP contribution >= 0.6 is 34.3 Å². The molecule has 9 heterocycles. The molecule has 80 heavy (non-hydrogen) atoms. The lowest BCUT2D eigenvalue weighted by Crippen LogP contribution is -2.39. The number of aromatic nitrogens is 6. The van der Waals surface area contributed by atoms with Crippen LogP contribution in [0.5, 0.6) is 0 Å². The Morgan fingerprint density at radius 3 is 1.39 bits per heavy atom. The van der Waals surface area contributed by atoms with Gasteiger partial charge in [-0.2, -0.15) is 0 Å². The maximum Gasteiger partial charge on any atom is 0.214 e. The third-order valence-corrected chi connectivity index (χ3v) is 21.8. The highest BCUT2D eigenvalue weighted by Crippen LogP contribution is 2.38. The van der Waals surface area contributed by atoms with Crippen LogP contribution in [0.4, 0.5) is 30.7 Å². The minimum absolute atomic E-state index is 0.108. The van der Waals surface area contributed by atoms with Crippen molar-refractivity contribution in [3.05, 3.63) is 130 Å². The molecule has 3 aliphatic heterocycles. The van der Waals surface area contributed by atoms with E-state index in [9.17, 15) is 25.6 Å². The number of pyridine rings is 2. The maximum absolute atomic E-state index is 13.4. The number of benzene rings is 2. The number of nitrogens with zero attached hydrogens (tertiary/aromatic N) is 11. The Morgan fingerprint density at radius 2 is 0.988 bits per heavy atom. The lowest BCUT2D eigenvalue weighted by molar-refractivity contribution is 0.314. The first-order valence-corrected chi connectivity index (χ1v) is 33.3. The number of hydrogen-bond donors (Lipinski definition) is 0. The van der Waals surface area contributed by atoms with Crippen LogP contribution in [0, 0.1) is 11.6 Å². The van der Waals surface area contributed by atoms with E-state index in [4.69, 9.17) is 31.5 Å². The van der Waals surface area contributed by atoms with Crippen molar-refractivity contribution in [2.24, 2.45) is 0 Å². The van der Waals surface area contributed by atoms with Crippen molar-refractivity contribution in [2.75, 3.05) is 87.1 Å². The Balaban J connectivity index is 0.000000181. The van der Waals surface area contributed by atoms with Crippen molar-refractivity contribution >= 4 is 87.5 Å². The molecule has 8 aromatic rings. The van der Waals surface area contributed by atoms with Crippen LogP contribution in [0.15, 0.2) is 96.0 Å². The largest absolute Gasteiger partial charge is 0.305 e. The second kappa shape index (κ2) is 25.4. The number of sulfonamides is 2. The standard InChI is InChI=1S/C31H39FN6O2S2.C27H31ClFN5O2S2/c1-3-27-30(35(2)31-34-28(22-41-31)24-7-10-26(32)11-8-24)38-21-25(9-12-29(38)33-27)23-13-18-37(19-14-23)42(39,40)20-6-17-36-15-4-5-16-36;1-3-23-26(32(2)27-31-24(18-37-27)20-5-8-22(29)9-6-20)34-17-21(7-10-25(34)30-23)19-11-14-33(15-12-19)38(35,36)16-4-13-28/h7-12,21-23H,3-6,13-20H2,1-2H3;5-10,17-19H,3-4,11-16H2,1-2H3. The number of piperidine rings is 2. The van der Waals surface area contributed by atoms with Crippen LogP contribution in [0.25, 0.3) is 33.8 Å². The molecule has 0 spiro atoms. The maximum atomic E-state index is 13.4. The van der Waals surface area contributed by atoms with Gasteiger partial charge in [0.2, 0.25) is 20.0 Å². The Labute approximate surface area is 482 Å². The van der Waals surface area contributed by atoms with Gasteiger partial charge in [-0.1, -0.05) is 26.0 Å². The Morgan fingerprint density at radius 1 is 0.575 bits per heavy atom. The van der Waals surface area contributed by atoms with Crippen molar-refractivity contribution < 1.29 is 25.6 Å². The zero-order valence-electron chi connectivity index (χ0n) is 45.9. The first kappa shape index (κ1) is 57.8. The molecule has 0 radical (unpaired) electrons. The smallest absolute Gasteiger partial charge is 0.214 e. The summed E-state index contributed by atoms with van der Waals surface area (Å²) in [5.41, 5.74) is 9.45. The molecule has 0 bridgehead atoms. The summed E-state index contributed by atoms with van der Waals surface area (Å²) < 4.78 is 85.6. The van der Waals surface area contributed by atoms with Crippen molar-refractivity contribution in [1.29, 1.82) is 0 Å². The van der Waals surface area contributed by atoms with E-state index in [0.717, 1.165) is 125 Å². The monoisotopic (exact) mass is 1190 g/mol. The molecule has 0 amide bonds. The molecule has 3 fully saturated rings. The molecule has 0 atom stereocenters. The van der Waals surface area contributed by atoms with Gasteiger partial charge in [0.05, 0.1) is 34.3 Å². The van der Waals surface area contributed by atoms with Gasteiger partial charge >= 0.3 is 0 Å². The SMILES string of the molecule is CCc1nc2ccc(C3CCN(S(=O)(=O)CCCCl)CC3)cn2c1N(C)c1nc(-c2ccc(F)cc2)cs1.CCc1nc2ccc(C3CCN(S(=O)(=O)CCCN4CCCC4)CC3)cn2c1N(C)c1nc(-c2ccc(F)cc2)cs1. The van der Waals surface area contributed by atoms with Crippen molar-refractivity contribution in [2.45, 2.75) is 89.9 Å². The van der Waals surface area contributed by atoms with Crippen molar-refractivity contribution in [1.82, 2.24) is 42.2 Å². The van der Waals surface area contributed by atoms with Crippen LogP contribution in [0.1, 0.15) is 99.6 Å². The van der Waals surface area contributed by atoms with Gasteiger partial charge in [0.25, 0.3) is 0 Å². The predicted molar refractivity (Wildman–Crippen MR) is 321 cm³/mol. The molecule has 2 aromatic carbocycles. The predicted octanol–water partition coefficient (Wildman–Crippen LogP) is 12.0. The molecule has 11 rings (SSSR count). The summed E-state index contributed by atoms with van der Waals surface area (Å²) in [7, 11) is -2.47. The van der Waals surface area contributed by atoms with E-state index < -0.39 is 20.0 Å². The third-order valence-electron chi connectivity index (χ3n) is 15.8. The summed E-state index contributed by atoms with van der Waals surface area (Å²) in [6.45, 7) is 9.46. The molecule has 0 saturated carbocycles. The minimum atomic E-state index is -3.25. The van der Waals surface area contributed by atoms with Crippen molar-refractivity contribution in [3.63, 3.8) is 0 Å². The minimum Gasteiger partial charge on any atom is -0.305 e. The number of hydrogen-bond acceptors (Lipinski definition) is 13. The summed E-state index contributed by atoms with van der Waals surface area (Å²) in [5.74, 6) is 2.68. The van der Waals surface area contributed by atoms with Gasteiger partial charge in [-0.05, 0) is 167 Å². The summed E-state index contributed by atoms with van der Waals surface area (Å²) in [6.07, 6.45) is 12.7. The van der Waals surface area contributed by atoms with Gasteiger partial charge in [0, 0.05) is 80.4 Å². The number of alkyl halides is 1. The number of rotatable bonds is 19. The van der Waals surface area contributed by atoms with E-state index in [1.807, 2.05) is 30.9 Å². The number of halogens is 3. The second-order valence-electron chi connectivity index (χ2n) is 20.9. The molecule has 3 saturated heterocycles. The highest BCUT2D eigenvalue weighted by atomic mass is 35.5. The molecule has 3 aliphatic rings. The number of aryl methyl sites for hydroxylation is 2. The van der Waals surface area contributed by atoms with Crippen LogP contribution in [-0.2, 0) is 32.9 Å². The van der Waals surface area contributed by atoms with E-state index in [0.29, 0.717) is 50.8 Å². The lowest BCUT2D eigenvalue weighted by atomic mass is 9.91. The summed E-state index contributed by atoms with van der Waals surface area (Å²) >= 11 is 8.79. The number of fused-ring (bicyclic) bond motifs is 2. The average Bonchev–Trinajstić information content (AvgIpc) is 4.53. The topological polar surface area (TPSA) is 145 Å². The highest BCUT2D eigenvalue weighted by molar-refractivity contribution is 7.89. The summed E-state index contributed by atoms with van der Waals surface area (Å²) in [6, 6.07) is 21.1. The zero-order valence-corrected chi connectivity index (χ0v) is 49.9. The first-order chi connectivity index (χ1) is 38.6. The fourth-order valence-corrected chi connectivity index (χ4v) is 16.2. The van der Waals surface area contributed by atoms with Gasteiger partial charge in [0.15, 0.2) is 10.3 Å². The van der Waals surface area contributed by atoms with E-state index in [1.54, 1.807) is 44.2 Å². The molecule has 22 heteroatoms. The molecular formula is C58H70ClF2N11O4S4. The van der Waals surface area contributed by atoms with Crippen LogP contribution in [-0.4, -0.2) is 136 Å².